The molecule has 30 heavy (non-hydrogen) atoms. The van der Waals surface area contributed by atoms with Crippen LogP contribution in [0, 0.1) is 12.7 Å². The van der Waals surface area contributed by atoms with E-state index < -0.39 is 12.0 Å². The molecule has 4 rings (SSSR count). The average Bonchev–Trinajstić information content (AvgIpc) is 3.02. The van der Waals surface area contributed by atoms with Gasteiger partial charge in [-0.05, 0) is 36.8 Å². The summed E-state index contributed by atoms with van der Waals surface area (Å²) in [5, 5.41) is 8.72. The first-order valence-corrected chi connectivity index (χ1v) is 9.58. The minimum atomic E-state index is -0.810. The summed E-state index contributed by atoms with van der Waals surface area (Å²) in [5.41, 5.74) is 4.51. The Kier molecular flexibility index (Phi) is 5.67. The van der Waals surface area contributed by atoms with Gasteiger partial charge in [-0.15, -0.1) is 0 Å². The number of aromatic nitrogens is 2. The predicted octanol–water partition coefficient (Wildman–Crippen LogP) is 3.32. The van der Waals surface area contributed by atoms with E-state index >= 15 is 0 Å². The van der Waals surface area contributed by atoms with E-state index in [2.05, 4.69) is 15.6 Å². The minimum absolute atomic E-state index is 0.0910. The summed E-state index contributed by atoms with van der Waals surface area (Å²) in [6, 6.07) is 13.2. The van der Waals surface area contributed by atoms with Crippen LogP contribution in [-0.2, 0) is 11.3 Å². The number of benzene rings is 2. The number of para-hydroxylation sites is 2. The smallest absolute Gasteiger partial charge is 0.284 e. The molecule has 0 radical (unpaired) electrons. The van der Waals surface area contributed by atoms with Gasteiger partial charge in [-0.3, -0.25) is 4.79 Å². The number of ether oxygens (including phenoxy) is 2. The molecule has 154 valence electrons. The summed E-state index contributed by atoms with van der Waals surface area (Å²) in [6.45, 7) is 2.26. The van der Waals surface area contributed by atoms with Crippen LogP contribution in [-0.4, -0.2) is 34.6 Å². The zero-order valence-corrected chi connectivity index (χ0v) is 16.8. The lowest BCUT2D eigenvalue weighted by Crippen LogP contribution is -2.42. The Hall–Kier alpha value is -3.39. The Morgan fingerprint density at radius 2 is 2.03 bits per heavy atom. The van der Waals surface area contributed by atoms with Gasteiger partial charge in [0.25, 0.3) is 5.91 Å². The molecule has 2 aromatic carbocycles. The van der Waals surface area contributed by atoms with E-state index in [4.69, 9.17) is 21.1 Å². The van der Waals surface area contributed by atoms with Crippen LogP contribution in [0.3, 0.4) is 0 Å². The summed E-state index contributed by atoms with van der Waals surface area (Å²) < 4.78 is 25.8. The second-order valence-corrected chi connectivity index (χ2v) is 7.03. The number of carbonyl (C=O) groups is 1. The number of hydrogen-bond donors (Lipinski definition) is 1. The maximum atomic E-state index is 13.1. The first-order valence-electron chi connectivity index (χ1n) is 9.20. The van der Waals surface area contributed by atoms with Gasteiger partial charge < -0.3 is 9.47 Å². The fourth-order valence-corrected chi connectivity index (χ4v) is 3.25. The lowest BCUT2D eigenvalue weighted by molar-refractivity contribution is -0.130. The van der Waals surface area contributed by atoms with Crippen LogP contribution in [0.4, 0.5) is 4.39 Å². The Morgan fingerprint density at radius 3 is 2.80 bits per heavy atom. The van der Waals surface area contributed by atoms with Crippen molar-refractivity contribution in [2.75, 3.05) is 6.61 Å². The van der Waals surface area contributed by atoms with Crippen molar-refractivity contribution in [1.29, 1.82) is 0 Å². The second-order valence-electron chi connectivity index (χ2n) is 6.67. The summed E-state index contributed by atoms with van der Waals surface area (Å²) in [7, 11) is 0. The van der Waals surface area contributed by atoms with E-state index in [-0.39, 0.29) is 12.4 Å². The molecule has 1 N–H and O–H groups in total. The molecule has 1 atom stereocenters. The van der Waals surface area contributed by atoms with Crippen molar-refractivity contribution in [2.24, 2.45) is 5.10 Å². The van der Waals surface area contributed by atoms with Crippen molar-refractivity contribution >= 4 is 23.7 Å². The van der Waals surface area contributed by atoms with Gasteiger partial charge in [-0.2, -0.15) is 10.2 Å². The van der Waals surface area contributed by atoms with E-state index in [0.29, 0.717) is 34.5 Å². The van der Waals surface area contributed by atoms with E-state index in [1.807, 2.05) is 6.07 Å². The van der Waals surface area contributed by atoms with Crippen LogP contribution in [0.25, 0.3) is 0 Å². The molecule has 1 unspecified atom stereocenters. The Balaban J connectivity index is 1.40. The number of fused-ring (bicyclic) bond motifs is 1. The standard InChI is InChI=1S/C21H18ClFN4O3/c1-13-16(20(22)27(26-13)11-14-6-8-15(23)9-7-14)10-24-25-21(28)19-12-29-17-4-2-3-5-18(17)30-19/h2-10,19H,11-12H2,1H3,(H,25,28). The number of hydrazone groups is 1. The van der Waals surface area contributed by atoms with Crippen molar-refractivity contribution < 1.29 is 18.7 Å². The van der Waals surface area contributed by atoms with E-state index in [1.54, 1.807) is 41.9 Å². The van der Waals surface area contributed by atoms with E-state index in [9.17, 15) is 9.18 Å². The average molecular weight is 429 g/mol. The van der Waals surface area contributed by atoms with E-state index in [1.165, 1.54) is 18.3 Å². The summed E-state index contributed by atoms with van der Waals surface area (Å²) in [4.78, 5) is 12.3. The zero-order chi connectivity index (χ0) is 21.1. The number of carbonyl (C=O) groups excluding carboxylic acids is 1. The molecule has 0 fully saturated rings. The highest BCUT2D eigenvalue weighted by Crippen LogP contribution is 2.30. The molecule has 0 spiro atoms. The highest BCUT2D eigenvalue weighted by Gasteiger charge is 2.27. The molecule has 1 aliphatic rings. The number of hydrogen-bond acceptors (Lipinski definition) is 5. The quantitative estimate of drug-likeness (QED) is 0.499. The monoisotopic (exact) mass is 428 g/mol. The van der Waals surface area contributed by atoms with Gasteiger partial charge in [-0.25, -0.2) is 14.5 Å². The number of nitrogens with zero attached hydrogens (tertiary/aromatic N) is 3. The second kappa shape index (κ2) is 8.54. The Labute approximate surface area is 177 Å². The van der Waals surface area contributed by atoms with Gasteiger partial charge in [0.1, 0.15) is 17.6 Å². The molecule has 0 aliphatic carbocycles. The number of amides is 1. The van der Waals surface area contributed by atoms with Crippen LogP contribution in [0.2, 0.25) is 5.15 Å². The normalized spacial score (nSPS) is 15.4. The van der Waals surface area contributed by atoms with Gasteiger partial charge in [0.05, 0.1) is 24.0 Å². The maximum Gasteiger partial charge on any atom is 0.284 e. The molecule has 9 heteroatoms. The SMILES string of the molecule is Cc1nn(Cc2ccc(F)cc2)c(Cl)c1C=NNC(=O)C1COc2ccccc2O1. The molecule has 1 amide bonds. The number of halogens is 2. The summed E-state index contributed by atoms with van der Waals surface area (Å²) in [6.07, 6.45) is 0.622. The van der Waals surface area contributed by atoms with Crippen molar-refractivity contribution in [3.63, 3.8) is 0 Å². The molecule has 3 aromatic rings. The third-order valence-electron chi connectivity index (χ3n) is 4.52. The minimum Gasteiger partial charge on any atom is -0.485 e. The maximum absolute atomic E-state index is 13.1. The summed E-state index contributed by atoms with van der Waals surface area (Å²) >= 11 is 6.41. The van der Waals surface area contributed by atoms with Crippen LogP contribution >= 0.6 is 11.6 Å². The molecule has 7 nitrogen and oxygen atoms in total. The molecule has 0 saturated heterocycles. The first kappa shape index (κ1) is 19.9. The fourth-order valence-electron chi connectivity index (χ4n) is 2.96. The third kappa shape index (κ3) is 4.28. The van der Waals surface area contributed by atoms with Gasteiger partial charge in [0.15, 0.2) is 11.5 Å². The molecule has 1 aromatic heterocycles. The van der Waals surface area contributed by atoms with Crippen molar-refractivity contribution in [2.45, 2.75) is 19.6 Å². The lowest BCUT2D eigenvalue weighted by atomic mass is 10.2. The van der Waals surface area contributed by atoms with Gasteiger partial charge in [0, 0.05) is 0 Å². The van der Waals surface area contributed by atoms with Crippen LogP contribution in [0.5, 0.6) is 11.5 Å². The third-order valence-corrected chi connectivity index (χ3v) is 4.92. The number of nitrogens with one attached hydrogen (secondary N) is 1. The van der Waals surface area contributed by atoms with Crippen LogP contribution < -0.4 is 14.9 Å². The topological polar surface area (TPSA) is 77.7 Å². The van der Waals surface area contributed by atoms with Crippen LogP contribution in [0.15, 0.2) is 53.6 Å². The van der Waals surface area contributed by atoms with Crippen molar-refractivity contribution in [3.05, 3.63) is 76.3 Å². The molecule has 0 bridgehead atoms. The number of rotatable bonds is 5. The first-order chi connectivity index (χ1) is 14.5. The van der Waals surface area contributed by atoms with Gasteiger partial charge in [0.2, 0.25) is 6.10 Å². The predicted molar refractivity (Wildman–Crippen MR) is 110 cm³/mol. The summed E-state index contributed by atoms with van der Waals surface area (Å²) in [5.74, 6) is 0.365. The highest BCUT2D eigenvalue weighted by molar-refractivity contribution is 6.32. The molecule has 2 heterocycles. The molecule has 1 aliphatic heterocycles. The van der Waals surface area contributed by atoms with Crippen molar-refractivity contribution in [1.82, 2.24) is 15.2 Å². The molecular weight excluding hydrogens is 411 g/mol. The van der Waals surface area contributed by atoms with Crippen LogP contribution in [0.1, 0.15) is 16.8 Å². The molecule has 0 saturated carbocycles. The molecular formula is C21H18ClFN4O3. The van der Waals surface area contributed by atoms with Gasteiger partial charge >= 0.3 is 0 Å². The Bertz CT molecular complexity index is 1100. The van der Waals surface area contributed by atoms with E-state index in [0.717, 1.165) is 5.56 Å². The largest absolute Gasteiger partial charge is 0.485 e. The van der Waals surface area contributed by atoms with Gasteiger partial charge in [-0.1, -0.05) is 35.9 Å². The zero-order valence-electron chi connectivity index (χ0n) is 16.0. The van der Waals surface area contributed by atoms with Crippen molar-refractivity contribution in [3.8, 4) is 11.5 Å². The number of aryl methyl sites for hydroxylation is 1. The highest BCUT2D eigenvalue weighted by atomic mass is 35.5. The Morgan fingerprint density at radius 1 is 1.30 bits per heavy atom. The fraction of sp³-hybridized carbons (Fsp3) is 0.190. The lowest BCUT2D eigenvalue weighted by Gasteiger charge is -2.24.